The molecule has 4 rings (SSSR count). The van der Waals surface area contributed by atoms with E-state index < -0.39 is 0 Å². The highest BCUT2D eigenvalue weighted by Gasteiger charge is 2.35. The monoisotopic (exact) mass is 364 g/mol. The molecule has 2 aliphatic rings. The number of para-hydroxylation sites is 1. The van der Waals surface area contributed by atoms with E-state index in [0.717, 1.165) is 24.2 Å². The minimum atomic E-state index is 0.0146. The molecule has 0 aromatic heterocycles. The zero-order valence-electron chi connectivity index (χ0n) is 15.3. The minimum Gasteiger partial charge on any atom is -0.489 e. The first-order valence-corrected chi connectivity index (χ1v) is 9.56. The van der Waals surface area contributed by atoms with Crippen LogP contribution in [0.2, 0.25) is 0 Å². The lowest BCUT2D eigenvalue weighted by Gasteiger charge is -2.35. The van der Waals surface area contributed by atoms with Gasteiger partial charge in [-0.05, 0) is 31.0 Å². The van der Waals surface area contributed by atoms with Crippen LogP contribution in [0.5, 0.6) is 5.75 Å². The van der Waals surface area contributed by atoms with Crippen molar-refractivity contribution in [2.75, 3.05) is 26.2 Å². The van der Waals surface area contributed by atoms with Gasteiger partial charge >= 0.3 is 0 Å². The number of carbonyl (C=O) groups is 2. The Bertz CT molecular complexity index is 809. The molecule has 2 aromatic rings. The highest BCUT2D eigenvalue weighted by atomic mass is 16.5. The molecule has 2 fully saturated rings. The molecule has 5 heteroatoms. The number of nitrogens with zero attached hydrogens (tertiary/aromatic N) is 2. The fourth-order valence-electron chi connectivity index (χ4n) is 3.42. The van der Waals surface area contributed by atoms with E-state index in [4.69, 9.17) is 4.74 Å². The Morgan fingerprint density at radius 3 is 2.19 bits per heavy atom. The van der Waals surface area contributed by atoms with Crippen molar-refractivity contribution in [1.29, 1.82) is 0 Å². The molecule has 0 spiro atoms. The molecule has 0 unspecified atom stereocenters. The van der Waals surface area contributed by atoms with Gasteiger partial charge in [0.05, 0.1) is 0 Å². The van der Waals surface area contributed by atoms with Gasteiger partial charge in [-0.2, -0.15) is 0 Å². The number of hydrogen-bond acceptors (Lipinski definition) is 3. The molecule has 1 saturated carbocycles. The van der Waals surface area contributed by atoms with E-state index in [1.165, 1.54) is 0 Å². The second-order valence-corrected chi connectivity index (χ2v) is 7.15. The van der Waals surface area contributed by atoms with Crippen LogP contribution in [-0.4, -0.2) is 47.8 Å². The smallest absolute Gasteiger partial charge is 0.254 e. The van der Waals surface area contributed by atoms with Crippen molar-refractivity contribution in [3.8, 4) is 5.75 Å². The summed E-state index contributed by atoms with van der Waals surface area (Å²) in [5.41, 5.74) is 1.55. The van der Waals surface area contributed by atoms with Crippen LogP contribution in [0.25, 0.3) is 0 Å². The third-order valence-electron chi connectivity index (χ3n) is 5.19. The number of hydrogen-bond donors (Lipinski definition) is 0. The molecule has 0 bridgehead atoms. The maximum atomic E-state index is 13.0. The number of amides is 2. The highest BCUT2D eigenvalue weighted by molar-refractivity contribution is 5.96. The van der Waals surface area contributed by atoms with Crippen molar-refractivity contribution in [2.24, 2.45) is 5.92 Å². The summed E-state index contributed by atoms with van der Waals surface area (Å²) in [6.07, 6.45) is 2.04. The Balaban J connectivity index is 1.39. The lowest BCUT2D eigenvalue weighted by Crippen LogP contribution is -2.51. The summed E-state index contributed by atoms with van der Waals surface area (Å²) in [4.78, 5) is 29.0. The summed E-state index contributed by atoms with van der Waals surface area (Å²) in [5.74, 6) is 1.30. The number of rotatable bonds is 5. The molecule has 140 valence electrons. The van der Waals surface area contributed by atoms with Crippen molar-refractivity contribution in [2.45, 2.75) is 19.4 Å². The molecule has 0 radical (unpaired) electrons. The molecule has 27 heavy (non-hydrogen) atoms. The predicted octanol–water partition coefficient (Wildman–Crippen LogP) is 2.96. The van der Waals surface area contributed by atoms with Gasteiger partial charge < -0.3 is 14.5 Å². The SMILES string of the molecule is O=C(c1ccccc1COc1ccccc1)N1CCN(C(=O)C2CC2)CC1. The molecule has 1 aliphatic carbocycles. The highest BCUT2D eigenvalue weighted by Crippen LogP contribution is 2.31. The van der Waals surface area contributed by atoms with E-state index in [1.807, 2.05) is 64.4 Å². The van der Waals surface area contributed by atoms with Gasteiger partial charge in [-0.1, -0.05) is 36.4 Å². The summed E-state index contributed by atoms with van der Waals surface area (Å²) in [5, 5.41) is 0. The lowest BCUT2D eigenvalue weighted by atomic mass is 10.1. The summed E-state index contributed by atoms with van der Waals surface area (Å²) >= 11 is 0. The Hall–Kier alpha value is -2.82. The molecule has 1 heterocycles. The van der Waals surface area contributed by atoms with Crippen LogP contribution in [0.4, 0.5) is 0 Å². The fraction of sp³-hybridized carbons (Fsp3) is 0.364. The first-order chi connectivity index (χ1) is 13.2. The maximum absolute atomic E-state index is 13.0. The Kier molecular flexibility index (Phi) is 5.10. The zero-order chi connectivity index (χ0) is 18.6. The van der Waals surface area contributed by atoms with Crippen molar-refractivity contribution in [3.63, 3.8) is 0 Å². The van der Waals surface area contributed by atoms with E-state index >= 15 is 0 Å². The van der Waals surface area contributed by atoms with E-state index in [0.29, 0.717) is 38.3 Å². The molecular formula is C22H24N2O3. The van der Waals surface area contributed by atoms with Crippen molar-refractivity contribution in [1.82, 2.24) is 9.80 Å². The van der Waals surface area contributed by atoms with Gasteiger partial charge in [0.15, 0.2) is 0 Å². The first-order valence-electron chi connectivity index (χ1n) is 9.56. The topological polar surface area (TPSA) is 49.9 Å². The number of benzene rings is 2. The predicted molar refractivity (Wildman–Crippen MR) is 102 cm³/mol. The van der Waals surface area contributed by atoms with Crippen molar-refractivity contribution in [3.05, 3.63) is 65.7 Å². The first kappa shape index (κ1) is 17.6. The Morgan fingerprint density at radius 2 is 1.48 bits per heavy atom. The Labute approximate surface area is 159 Å². The van der Waals surface area contributed by atoms with Crippen LogP contribution < -0.4 is 4.74 Å². The standard InChI is InChI=1S/C22H24N2O3/c25-21(17-10-11-17)23-12-14-24(15-13-23)22(26)20-9-5-4-6-18(20)16-27-19-7-2-1-3-8-19/h1-9,17H,10-16H2. The molecular weight excluding hydrogens is 340 g/mol. The zero-order valence-corrected chi connectivity index (χ0v) is 15.3. The van der Waals surface area contributed by atoms with Crippen LogP contribution in [-0.2, 0) is 11.4 Å². The van der Waals surface area contributed by atoms with Gasteiger partial charge in [0.1, 0.15) is 12.4 Å². The molecule has 0 N–H and O–H groups in total. The summed E-state index contributed by atoms with van der Waals surface area (Å²) in [6.45, 7) is 2.79. The molecule has 1 saturated heterocycles. The average Bonchev–Trinajstić information content (AvgIpc) is 3.58. The number of ether oxygens (including phenoxy) is 1. The summed E-state index contributed by atoms with van der Waals surface area (Å²) in [6, 6.07) is 17.2. The van der Waals surface area contributed by atoms with E-state index in [-0.39, 0.29) is 17.7 Å². The largest absolute Gasteiger partial charge is 0.489 e. The van der Waals surface area contributed by atoms with Crippen LogP contribution in [0, 0.1) is 5.92 Å². The number of carbonyl (C=O) groups excluding carboxylic acids is 2. The summed E-state index contributed by atoms with van der Waals surface area (Å²) < 4.78 is 5.83. The lowest BCUT2D eigenvalue weighted by molar-refractivity contribution is -0.134. The van der Waals surface area contributed by atoms with E-state index in [2.05, 4.69) is 0 Å². The molecule has 2 amide bonds. The van der Waals surface area contributed by atoms with Gasteiger partial charge in [0.2, 0.25) is 5.91 Å². The maximum Gasteiger partial charge on any atom is 0.254 e. The second kappa shape index (κ2) is 7.82. The quantitative estimate of drug-likeness (QED) is 0.820. The van der Waals surface area contributed by atoms with Gasteiger partial charge in [0, 0.05) is 43.2 Å². The second-order valence-electron chi connectivity index (χ2n) is 7.15. The van der Waals surface area contributed by atoms with Gasteiger partial charge in [-0.25, -0.2) is 0 Å². The number of piperazine rings is 1. The van der Waals surface area contributed by atoms with Crippen molar-refractivity contribution < 1.29 is 14.3 Å². The fourth-order valence-corrected chi connectivity index (χ4v) is 3.42. The molecule has 0 atom stereocenters. The van der Waals surface area contributed by atoms with Crippen LogP contribution in [0.15, 0.2) is 54.6 Å². The molecule has 2 aromatic carbocycles. The third-order valence-corrected chi connectivity index (χ3v) is 5.19. The van der Waals surface area contributed by atoms with Crippen molar-refractivity contribution >= 4 is 11.8 Å². The normalized spacial score (nSPS) is 16.9. The van der Waals surface area contributed by atoms with E-state index in [9.17, 15) is 9.59 Å². The van der Waals surface area contributed by atoms with E-state index in [1.54, 1.807) is 0 Å². The summed E-state index contributed by atoms with van der Waals surface area (Å²) in [7, 11) is 0. The average molecular weight is 364 g/mol. The Morgan fingerprint density at radius 1 is 0.852 bits per heavy atom. The van der Waals surface area contributed by atoms with Gasteiger partial charge in [-0.3, -0.25) is 9.59 Å². The minimum absolute atomic E-state index is 0.0146. The molecule has 5 nitrogen and oxygen atoms in total. The van der Waals surface area contributed by atoms with Gasteiger partial charge in [-0.15, -0.1) is 0 Å². The van der Waals surface area contributed by atoms with Crippen LogP contribution in [0.3, 0.4) is 0 Å². The van der Waals surface area contributed by atoms with Crippen LogP contribution >= 0.6 is 0 Å². The van der Waals surface area contributed by atoms with Gasteiger partial charge in [0.25, 0.3) is 5.91 Å². The molecule has 1 aliphatic heterocycles. The third kappa shape index (κ3) is 4.13. The van der Waals surface area contributed by atoms with Crippen LogP contribution in [0.1, 0.15) is 28.8 Å².